The standard InChI is InChI=1S/C14H11ClF2N2O/c1-8-11(5-6-12(15)18-8)19-13(20)7-9-3-2-4-10(16)14(9)17/h2-6H,7H2,1H3,(H,19,20). The third-order valence-electron chi connectivity index (χ3n) is 2.71. The average Bonchev–Trinajstić information content (AvgIpc) is 2.38. The van der Waals surface area contributed by atoms with Crippen LogP contribution in [0.1, 0.15) is 11.3 Å². The highest BCUT2D eigenvalue weighted by molar-refractivity contribution is 6.29. The second kappa shape index (κ2) is 5.96. The summed E-state index contributed by atoms with van der Waals surface area (Å²) in [6.45, 7) is 1.68. The van der Waals surface area contributed by atoms with Gasteiger partial charge in [-0.1, -0.05) is 23.7 Å². The van der Waals surface area contributed by atoms with Crippen molar-refractivity contribution >= 4 is 23.2 Å². The first kappa shape index (κ1) is 14.4. The molecule has 0 radical (unpaired) electrons. The molecule has 0 aliphatic rings. The van der Waals surface area contributed by atoms with Gasteiger partial charge in [0, 0.05) is 5.56 Å². The predicted octanol–water partition coefficient (Wildman–Crippen LogP) is 3.50. The highest BCUT2D eigenvalue weighted by Gasteiger charge is 2.12. The number of nitrogens with zero attached hydrogens (tertiary/aromatic N) is 1. The molecule has 0 aliphatic carbocycles. The van der Waals surface area contributed by atoms with E-state index in [0.717, 1.165) is 6.07 Å². The van der Waals surface area contributed by atoms with Crippen molar-refractivity contribution in [1.29, 1.82) is 0 Å². The van der Waals surface area contributed by atoms with E-state index >= 15 is 0 Å². The summed E-state index contributed by atoms with van der Waals surface area (Å²) in [4.78, 5) is 15.8. The zero-order chi connectivity index (χ0) is 14.7. The number of halogens is 3. The Hall–Kier alpha value is -2.01. The number of anilines is 1. The molecule has 1 N–H and O–H groups in total. The molecule has 0 saturated carbocycles. The number of benzene rings is 1. The van der Waals surface area contributed by atoms with E-state index in [1.165, 1.54) is 18.2 Å². The number of rotatable bonds is 3. The minimum absolute atomic E-state index is 0.00192. The van der Waals surface area contributed by atoms with E-state index in [0.29, 0.717) is 16.5 Å². The molecule has 6 heteroatoms. The molecule has 3 nitrogen and oxygen atoms in total. The van der Waals surface area contributed by atoms with Crippen molar-refractivity contribution in [3.63, 3.8) is 0 Å². The molecule has 20 heavy (non-hydrogen) atoms. The molecule has 0 spiro atoms. The lowest BCUT2D eigenvalue weighted by atomic mass is 10.1. The summed E-state index contributed by atoms with van der Waals surface area (Å²) in [6.07, 6.45) is -0.258. The number of carbonyl (C=O) groups is 1. The van der Waals surface area contributed by atoms with Crippen LogP contribution in [-0.4, -0.2) is 10.9 Å². The highest BCUT2D eigenvalue weighted by atomic mass is 35.5. The summed E-state index contributed by atoms with van der Waals surface area (Å²) >= 11 is 5.71. The Morgan fingerprint density at radius 1 is 1.30 bits per heavy atom. The van der Waals surface area contributed by atoms with Gasteiger partial charge in [0.15, 0.2) is 11.6 Å². The van der Waals surface area contributed by atoms with E-state index in [-0.39, 0.29) is 12.0 Å². The number of nitrogens with one attached hydrogen (secondary N) is 1. The summed E-state index contributed by atoms with van der Waals surface area (Å²) in [5, 5.41) is 2.90. The molecular weight excluding hydrogens is 286 g/mol. The number of amides is 1. The second-order valence-electron chi connectivity index (χ2n) is 4.20. The Balaban J connectivity index is 2.11. The molecule has 0 fully saturated rings. The van der Waals surface area contributed by atoms with Crippen molar-refractivity contribution in [2.45, 2.75) is 13.3 Å². The van der Waals surface area contributed by atoms with E-state index in [4.69, 9.17) is 11.6 Å². The monoisotopic (exact) mass is 296 g/mol. The summed E-state index contributed by atoms with van der Waals surface area (Å²) in [6, 6.07) is 6.86. The van der Waals surface area contributed by atoms with Crippen LogP contribution in [0.5, 0.6) is 0 Å². The van der Waals surface area contributed by atoms with E-state index in [2.05, 4.69) is 10.3 Å². The molecule has 0 unspecified atom stereocenters. The van der Waals surface area contributed by atoms with Crippen LogP contribution in [0.3, 0.4) is 0 Å². The maximum Gasteiger partial charge on any atom is 0.228 e. The molecule has 1 aromatic heterocycles. The average molecular weight is 297 g/mol. The summed E-state index contributed by atoms with van der Waals surface area (Å²) in [7, 11) is 0. The Morgan fingerprint density at radius 2 is 2.05 bits per heavy atom. The van der Waals surface area contributed by atoms with Crippen LogP contribution < -0.4 is 5.32 Å². The molecule has 0 bridgehead atoms. The van der Waals surface area contributed by atoms with Crippen molar-refractivity contribution in [2.24, 2.45) is 0 Å². The van der Waals surface area contributed by atoms with Gasteiger partial charge in [-0.25, -0.2) is 13.8 Å². The summed E-state index contributed by atoms with van der Waals surface area (Å²) < 4.78 is 26.5. The molecule has 1 heterocycles. The largest absolute Gasteiger partial charge is 0.324 e. The Bertz CT molecular complexity index is 662. The molecular formula is C14H11ClF2N2O. The first-order valence-electron chi connectivity index (χ1n) is 5.83. The fraction of sp³-hybridized carbons (Fsp3) is 0.143. The molecule has 104 valence electrons. The van der Waals surface area contributed by atoms with Crippen molar-refractivity contribution in [3.8, 4) is 0 Å². The molecule has 2 aromatic rings. The van der Waals surface area contributed by atoms with Gasteiger partial charge in [0.2, 0.25) is 5.91 Å². The number of aryl methyl sites for hydroxylation is 1. The fourth-order valence-electron chi connectivity index (χ4n) is 1.71. The van der Waals surface area contributed by atoms with Gasteiger partial charge in [0.1, 0.15) is 5.15 Å². The molecule has 1 aromatic carbocycles. The minimum Gasteiger partial charge on any atom is -0.324 e. The van der Waals surface area contributed by atoms with Gasteiger partial charge in [-0.2, -0.15) is 0 Å². The first-order valence-corrected chi connectivity index (χ1v) is 6.21. The minimum atomic E-state index is -1.01. The van der Waals surface area contributed by atoms with Crippen molar-refractivity contribution < 1.29 is 13.6 Å². The topological polar surface area (TPSA) is 42.0 Å². The van der Waals surface area contributed by atoms with Gasteiger partial charge in [-0.05, 0) is 25.1 Å². The Labute approximate surface area is 119 Å². The third-order valence-corrected chi connectivity index (χ3v) is 2.92. The van der Waals surface area contributed by atoms with Gasteiger partial charge < -0.3 is 5.32 Å². The first-order chi connectivity index (χ1) is 9.47. The van der Waals surface area contributed by atoms with Gasteiger partial charge in [0.25, 0.3) is 0 Å². The van der Waals surface area contributed by atoms with E-state index < -0.39 is 17.5 Å². The van der Waals surface area contributed by atoms with Crippen LogP contribution in [0.15, 0.2) is 30.3 Å². The quantitative estimate of drug-likeness (QED) is 0.881. The number of hydrogen-bond acceptors (Lipinski definition) is 2. The van der Waals surface area contributed by atoms with Gasteiger partial charge in [-0.3, -0.25) is 4.79 Å². The SMILES string of the molecule is Cc1nc(Cl)ccc1NC(=O)Cc1cccc(F)c1F. The molecule has 1 amide bonds. The predicted molar refractivity (Wildman–Crippen MR) is 72.7 cm³/mol. The van der Waals surface area contributed by atoms with E-state index in [1.807, 2.05) is 0 Å². The van der Waals surface area contributed by atoms with Crippen LogP contribution in [0.4, 0.5) is 14.5 Å². The maximum absolute atomic E-state index is 13.4. The molecule has 0 atom stereocenters. The van der Waals surface area contributed by atoms with Gasteiger partial charge in [0.05, 0.1) is 17.8 Å². The zero-order valence-electron chi connectivity index (χ0n) is 10.6. The normalized spacial score (nSPS) is 10.4. The maximum atomic E-state index is 13.4. The Kier molecular flexibility index (Phi) is 4.29. The van der Waals surface area contributed by atoms with Crippen LogP contribution in [0, 0.1) is 18.6 Å². The van der Waals surface area contributed by atoms with Crippen molar-refractivity contribution in [1.82, 2.24) is 4.98 Å². The number of hydrogen-bond donors (Lipinski definition) is 1. The Morgan fingerprint density at radius 3 is 2.75 bits per heavy atom. The summed E-state index contributed by atoms with van der Waals surface area (Å²) in [5.41, 5.74) is 1.03. The lowest BCUT2D eigenvalue weighted by Gasteiger charge is -2.08. The van der Waals surface area contributed by atoms with E-state index in [1.54, 1.807) is 13.0 Å². The van der Waals surface area contributed by atoms with Crippen LogP contribution >= 0.6 is 11.6 Å². The molecule has 0 aliphatic heterocycles. The lowest BCUT2D eigenvalue weighted by molar-refractivity contribution is -0.115. The zero-order valence-corrected chi connectivity index (χ0v) is 11.3. The van der Waals surface area contributed by atoms with E-state index in [9.17, 15) is 13.6 Å². The van der Waals surface area contributed by atoms with Crippen molar-refractivity contribution in [3.05, 3.63) is 58.4 Å². The lowest BCUT2D eigenvalue weighted by Crippen LogP contribution is -2.16. The van der Waals surface area contributed by atoms with Gasteiger partial charge in [-0.15, -0.1) is 0 Å². The van der Waals surface area contributed by atoms with Crippen LogP contribution in [0.2, 0.25) is 5.15 Å². The number of carbonyl (C=O) groups excluding carboxylic acids is 1. The molecule has 2 rings (SSSR count). The fourth-order valence-corrected chi connectivity index (χ4v) is 1.90. The number of pyridine rings is 1. The molecule has 0 saturated heterocycles. The van der Waals surface area contributed by atoms with Gasteiger partial charge >= 0.3 is 0 Å². The third kappa shape index (κ3) is 3.30. The smallest absolute Gasteiger partial charge is 0.228 e. The van der Waals surface area contributed by atoms with Crippen LogP contribution in [-0.2, 0) is 11.2 Å². The highest BCUT2D eigenvalue weighted by Crippen LogP contribution is 2.17. The van der Waals surface area contributed by atoms with Crippen LogP contribution in [0.25, 0.3) is 0 Å². The van der Waals surface area contributed by atoms with Crippen molar-refractivity contribution in [2.75, 3.05) is 5.32 Å². The number of aromatic nitrogens is 1. The summed E-state index contributed by atoms with van der Waals surface area (Å²) in [5.74, 6) is -2.44. The second-order valence-corrected chi connectivity index (χ2v) is 4.59.